The summed E-state index contributed by atoms with van der Waals surface area (Å²) in [6.45, 7) is 1.84. The lowest BCUT2D eigenvalue weighted by Gasteiger charge is -2.22. The lowest BCUT2D eigenvalue weighted by atomic mass is 10.0. The third-order valence-electron chi connectivity index (χ3n) is 5.24. The first-order chi connectivity index (χ1) is 14.0. The second-order valence-electron chi connectivity index (χ2n) is 7.14. The van der Waals surface area contributed by atoms with Crippen LogP contribution in [0.2, 0.25) is 0 Å². The molecule has 0 aliphatic carbocycles. The number of hydrogen-bond donors (Lipinski definition) is 4. The Kier molecular flexibility index (Phi) is 4.96. The Morgan fingerprint density at radius 1 is 1.14 bits per heavy atom. The minimum atomic E-state index is -0.673. The number of benzene rings is 2. The molecule has 29 heavy (non-hydrogen) atoms. The Bertz CT molecular complexity index is 1110. The number of rotatable bonds is 4. The van der Waals surface area contributed by atoms with Crippen LogP contribution >= 0.6 is 0 Å². The predicted molar refractivity (Wildman–Crippen MR) is 109 cm³/mol. The SMILES string of the molecule is COc1ccc(C(=O)NO)cc1NC(=O)c1ccc2[nH]c3c(c2c1)CN(C)CC3. The van der Waals surface area contributed by atoms with E-state index in [-0.39, 0.29) is 11.5 Å². The van der Waals surface area contributed by atoms with E-state index < -0.39 is 5.91 Å². The summed E-state index contributed by atoms with van der Waals surface area (Å²) in [5.74, 6) is -0.576. The summed E-state index contributed by atoms with van der Waals surface area (Å²) in [5.41, 5.74) is 6.09. The molecule has 2 aromatic carbocycles. The van der Waals surface area contributed by atoms with E-state index in [1.807, 2.05) is 12.1 Å². The van der Waals surface area contributed by atoms with Gasteiger partial charge < -0.3 is 19.9 Å². The Labute approximate surface area is 167 Å². The first kappa shape index (κ1) is 19.0. The van der Waals surface area contributed by atoms with Crippen LogP contribution in [0.4, 0.5) is 5.69 Å². The molecule has 4 rings (SSSR count). The summed E-state index contributed by atoms with van der Waals surface area (Å²) in [4.78, 5) is 30.3. The van der Waals surface area contributed by atoms with Gasteiger partial charge >= 0.3 is 0 Å². The molecule has 0 atom stereocenters. The van der Waals surface area contributed by atoms with E-state index >= 15 is 0 Å². The summed E-state index contributed by atoms with van der Waals surface area (Å²) in [7, 11) is 3.56. The van der Waals surface area contributed by atoms with Crippen molar-refractivity contribution < 1.29 is 19.5 Å². The number of H-pyrrole nitrogens is 1. The number of hydroxylamine groups is 1. The topological polar surface area (TPSA) is 107 Å². The van der Waals surface area contributed by atoms with Crippen molar-refractivity contribution in [3.63, 3.8) is 0 Å². The molecule has 8 heteroatoms. The molecule has 150 valence electrons. The fraction of sp³-hybridized carbons (Fsp3) is 0.238. The van der Waals surface area contributed by atoms with Crippen LogP contribution in [-0.2, 0) is 13.0 Å². The zero-order chi connectivity index (χ0) is 20.5. The number of ether oxygens (including phenoxy) is 1. The Balaban J connectivity index is 1.66. The number of fused-ring (bicyclic) bond motifs is 3. The van der Waals surface area contributed by atoms with Gasteiger partial charge in [0.25, 0.3) is 11.8 Å². The molecule has 1 aromatic heterocycles. The van der Waals surface area contributed by atoms with Gasteiger partial charge in [0.15, 0.2) is 0 Å². The van der Waals surface area contributed by atoms with E-state index in [9.17, 15) is 9.59 Å². The van der Waals surface area contributed by atoms with Crippen molar-refractivity contribution in [1.82, 2.24) is 15.4 Å². The van der Waals surface area contributed by atoms with Crippen LogP contribution in [-0.4, -0.2) is 47.6 Å². The molecule has 0 saturated carbocycles. The number of nitrogens with zero attached hydrogens (tertiary/aromatic N) is 1. The number of methoxy groups -OCH3 is 1. The molecule has 2 amide bonds. The molecule has 3 aromatic rings. The fourth-order valence-electron chi connectivity index (χ4n) is 3.70. The number of carbonyl (C=O) groups excluding carboxylic acids is 2. The maximum Gasteiger partial charge on any atom is 0.274 e. The van der Waals surface area contributed by atoms with Crippen LogP contribution in [0.15, 0.2) is 36.4 Å². The summed E-state index contributed by atoms with van der Waals surface area (Å²) < 4.78 is 5.28. The smallest absolute Gasteiger partial charge is 0.274 e. The maximum absolute atomic E-state index is 12.9. The molecule has 2 heterocycles. The Hall–Kier alpha value is -3.36. The Morgan fingerprint density at radius 3 is 2.66 bits per heavy atom. The van der Waals surface area contributed by atoms with Gasteiger partial charge in [-0.1, -0.05) is 0 Å². The van der Waals surface area contributed by atoms with Gasteiger partial charge in [-0.25, -0.2) is 5.48 Å². The largest absolute Gasteiger partial charge is 0.495 e. The highest BCUT2D eigenvalue weighted by atomic mass is 16.5. The lowest BCUT2D eigenvalue weighted by molar-refractivity contribution is 0.0706. The summed E-state index contributed by atoms with van der Waals surface area (Å²) in [6, 6.07) is 10.1. The lowest BCUT2D eigenvalue weighted by Crippen LogP contribution is -2.26. The molecule has 0 unspecified atom stereocenters. The van der Waals surface area contributed by atoms with Crippen LogP contribution < -0.4 is 15.5 Å². The van der Waals surface area contributed by atoms with Crippen molar-refractivity contribution in [2.24, 2.45) is 0 Å². The molecule has 0 radical (unpaired) electrons. The predicted octanol–water partition coefficient (Wildman–Crippen LogP) is 2.54. The molecule has 0 spiro atoms. The second kappa shape index (κ2) is 7.57. The molecular formula is C21H22N4O4. The summed E-state index contributed by atoms with van der Waals surface area (Å²) >= 11 is 0. The van der Waals surface area contributed by atoms with E-state index in [0.29, 0.717) is 17.0 Å². The number of carbonyl (C=O) groups is 2. The van der Waals surface area contributed by atoms with Gasteiger partial charge in [-0.15, -0.1) is 0 Å². The van der Waals surface area contributed by atoms with Gasteiger partial charge in [-0.2, -0.15) is 0 Å². The van der Waals surface area contributed by atoms with Crippen molar-refractivity contribution in [2.45, 2.75) is 13.0 Å². The zero-order valence-corrected chi connectivity index (χ0v) is 16.2. The van der Waals surface area contributed by atoms with Gasteiger partial charge in [-0.05, 0) is 49.0 Å². The quantitative estimate of drug-likeness (QED) is 0.402. The maximum atomic E-state index is 12.9. The van der Waals surface area contributed by atoms with Gasteiger partial charge in [0.05, 0.1) is 12.8 Å². The number of hydrogen-bond acceptors (Lipinski definition) is 5. The second-order valence-corrected chi connectivity index (χ2v) is 7.14. The number of aromatic amines is 1. The van der Waals surface area contributed by atoms with Crippen LogP contribution in [0.5, 0.6) is 5.75 Å². The third kappa shape index (κ3) is 3.55. The molecule has 8 nitrogen and oxygen atoms in total. The minimum Gasteiger partial charge on any atom is -0.495 e. The first-order valence-corrected chi connectivity index (χ1v) is 9.26. The molecule has 4 N–H and O–H groups in total. The van der Waals surface area contributed by atoms with Gasteiger partial charge in [-0.3, -0.25) is 14.8 Å². The minimum absolute atomic E-state index is 0.196. The number of amides is 2. The van der Waals surface area contributed by atoms with E-state index in [2.05, 4.69) is 22.2 Å². The van der Waals surface area contributed by atoms with Crippen molar-refractivity contribution in [1.29, 1.82) is 0 Å². The van der Waals surface area contributed by atoms with Crippen molar-refractivity contribution in [2.75, 3.05) is 26.0 Å². The summed E-state index contributed by atoms with van der Waals surface area (Å²) in [6.07, 6.45) is 0.957. The van der Waals surface area contributed by atoms with Crippen molar-refractivity contribution >= 4 is 28.4 Å². The van der Waals surface area contributed by atoms with Crippen LogP contribution in [0.25, 0.3) is 10.9 Å². The molecule has 1 aliphatic rings. The van der Waals surface area contributed by atoms with Crippen molar-refractivity contribution in [3.8, 4) is 5.75 Å². The van der Waals surface area contributed by atoms with Crippen LogP contribution in [0.3, 0.4) is 0 Å². The third-order valence-corrected chi connectivity index (χ3v) is 5.24. The van der Waals surface area contributed by atoms with Gasteiger partial charge in [0, 0.05) is 47.2 Å². The van der Waals surface area contributed by atoms with Crippen LogP contribution in [0.1, 0.15) is 32.0 Å². The monoisotopic (exact) mass is 394 g/mol. The average molecular weight is 394 g/mol. The number of aromatic nitrogens is 1. The zero-order valence-electron chi connectivity index (χ0n) is 16.2. The Morgan fingerprint density at radius 2 is 1.90 bits per heavy atom. The molecule has 0 saturated heterocycles. The highest BCUT2D eigenvalue weighted by Crippen LogP contribution is 2.29. The first-order valence-electron chi connectivity index (χ1n) is 9.26. The average Bonchev–Trinajstić information content (AvgIpc) is 3.10. The number of anilines is 1. The van der Waals surface area contributed by atoms with Gasteiger partial charge in [0.1, 0.15) is 5.75 Å². The molecule has 0 bridgehead atoms. The number of likely N-dealkylation sites (N-methyl/N-ethyl adjacent to an activating group) is 1. The molecule has 1 aliphatic heterocycles. The van der Waals surface area contributed by atoms with E-state index in [0.717, 1.165) is 30.4 Å². The van der Waals surface area contributed by atoms with Crippen LogP contribution in [0, 0.1) is 0 Å². The summed E-state index contributed by atoms with van der Waals surface area (Å²) in [5, 5.41) is 12.7. The van der Waals surface area contributed by atoms with E-state index in [4.69, 9.17) is 9.94 Å². The fourth-order valence-corrected chi connectivity index (χ4v) is 3.70. The normalized spacial score (nSPS) is 13.8. The number of nitrogens with one attached hydrogen (secondary N) is 3. The van der Waals surface area contributed by atoms with E-state index in [1.165, 1.54) is 30.5 Å². The molecule has 0 fully saturated rings. The standard InChI is InChI=1S/C21H22N4O4/c1-25-8-7-17-15(11-25)14-9-12(3-5-16(14)22-17)20(26)23-18-10-13(21(27)24-28)4-6-19(18)29-2/h3-6,9-10,22,28H,7-8,11H2,1-2H3,(H,23,26)(H,24,27). The highest BCUT2D eigenvalue weighted by molar-refractivity contribution is 6.08. The van der Waals surface area contributed by atoms with Gasteiger partial charge in [0.2, 0.25) is 0 Å². The highest BCUT2D eigenvalue weighted by Gasteiger charge is 2.20. The van der Waals surface area contributed by atoms with E-state index in [1.54, 1.807) is 17.6 Å². The molecular weight excluding hydrogens is 372 g/mol. The van der Waals surface area contributed by atoms with Crippen molar-refractivity contribution in [3.05, 3.63) is 58.8 Å².